The van der Waals surface area contributed by atoms with Crippen LogP contribution < -0.4 is 5.32 Å². The van der Waals surface area contributed by atoms with Gasteiger partial charge in [-0.05, 0) is 27.0 Å². The van der Waals surface area contributed by atoms with Crippen LogP contribution in [0.25, 0.3) is 0 Å². The van der Waals surface area contributed by atoms with Crippen molar-refractivity contribution in [2.45, 2.75) is 32.5 Å². The van der Waals surface area contributed by atoms with Crippen molar-refractivity contribution in [1.82, 2.24) is 20.0 Å². The molecule has 5 nitrogen and oxygen atoms in total. The normalized spacial score (nSPS) is 21.7. The summed E-state index contributed by atoms with van der Waals surface area (Å²) in [6.45, 7) is 8.79. The van der Waals surface area contributed by atoms with E-state index >= 15 is 0 Å². The molecule has 1 aromatic rings. The van der Waals surface area contributed by atoms with Crippen LogP contribution in [0.1, 0.15) is 25.6 Å². The van der Waals surface area contributed by atoms with Gasteiger partial charge in [-0.15, -0.1) is 0 Å². The van der Waals surface area contributed by atoms with E-state index in [1.54, 1.807) is 0 Å². The van der Waals surface area contributed by atoms with Crippen molar-refractivity contribution in [1.29, 1.82) is 0 Å². The minimum absolute atomic E-state index is 0.427. The van der Waals surface area contributed by atoms with Gasteiger partial charge in [-0.2, -0.15) is 5.10 Å². The SMILES string of the molecule is CNCC1COCCN1Cc1ccn(C(C)C)n1. The topological polar surface area (TPSA) is 42.3 Å². The number of hydrogen-bond acceptors (Lipinski definition) is 4. The summed E-state index contributed by atoms with van der Waals surface area (Å²) < 4.78 is 7.56. The second-order valence-corrected chi connectivity index (χ2v) is 5.14. The van der Waals surface area contributed by atoms with Crippen molar-refractivity contribution >= 4 is 0 Å². The predicted molar refractivity (Wildman–Crippen MR) is 71.6 cm³/mol. The summed E-state index contributed by atoms with van der Waals surface area (Å²) in [5, 5.41) is 7.84. The van der Waals surface area contributed by atoms with Gasteiger partial charge in [0, 0.05) is 37.9 Å². The first kappa shape index (κ1) is 13.5. The van der Waals surface area contributed by atoms with E-state index in [0.717, 1.165) is 38.5 Å². The highest BCUT2D eigenvalue weighted by Gasteiger charge is 2.23. The first-order valence-corrected chi connectivity index (χ1v) is 6.71. The Kier molecular flexibility index (Phi) is 4.74. The van der Waals surface area contributed by atoms with Gasteiger partial charge in [0.2, 0.25) is 0 Å². The third kappa shape index (κ3) is 3.31. The highest BCUT2D eigenvalue weighted by molar-refractivity contribution is 5.00. The fourth-order valence-corrected chi connectivity index (χ4v) is 2.28. The van der Waals surface area contributed by atoms with E-state index in [0.29, 0.717) is 12.1 Å². The van der Waals surface area contributed by atoms with Crippen molar-refractivity contribution in [3.63, 3.8) is 0 Å². The molecule has 0 aliphatic carbocycles. The summed E-state index contributed by atoms with van der Waals surface area (Å²) in [6, 6.07) is 3.00. The van der Waals surface area contributed by atoms with E-state index < -0.39 is 0 Å². The van der Waals surface area contributed by atoms with E-state index in [2.05, 4.69) is 41.4 Å². The molecule has 5 heteroatoms. The third-order valence-corrected chi connectivity index (χ3v) is 3.35. The van der Waals surface area contributed by atoms with Crippen molar-refractivity contribution < 1.29 is 4.74 Å². The lowest BCUT2D eigenvalue weighted by atomic mass is 10.2. The van der Waals surface area contributed by atoms with Crippen LogP contribution >= 0.6 is 0 Å². The fourth-order valence-electron chi connectivity index (χ4n) is 2.28. The summed E-state index contributed by atoms with van der Waals surface area (Å²) in [6.07, 6.45) is 2.06. The highest BCUT2D eigenvalue weighted by atomic mass is 16.5. The molecule has 1 aromatic heterocycles. The van der Waals surface area contributed by atoms with Crippen LogP contribution in [0.15, 0.2) is 12.3 Å². The smallest absolute Gasteiger partial charge is 0.0765 e. The van der Waals surface area contributed by atoms with Gasteiger partial charge in [-0.25, -0.2) is 0 Å². The van der Waals surface area contributed by atoms with Crippen LogP contribution in [0.2, 0.25) is 0 Å². The minimum Gasteiger partial charge on any atom is -0.378 e. The zero-order chi connectivity index (χ0) is 13.0. The van der Waals surface area contributed by atoms with Crippen molar-refractivity contribution in [2.24, 2.45) is 0 Å². The predicted octanol–water partition coefficient (Wildman–Crippen LogP) is 0.884. The standard InChI is InChI=1S/C13H24N4O/c1-11(2)17-5-4-12(15-17)9-16-6-7-18-10-13(16)8-14-3/h4-5,11,13-14H,6-10H2,1-3H3. The molecule has 1 unspecified atom stereocenters. The molecule has 1 aliphatic rings. The Labute approximate surface area is 109 Å². The van der Waals surface area contributed by atoms with Gasteiger partial charge in [0.25, 0.3) is 0 Å². The minimum atomic E-state index is 0.427. The summed E-state index contributed by atoms with van der Waals surface area (Å²) in [5.41, 5.74) is 1.15. The molecule has 2 rings (SSSR count). The number of morpholine rings is 1. The van der Waals surface area contributed by atoms with Gasteiger partial charge < -0.3 is 10.1 Å². The molecule has 1 saturated heterocycles. The molecule has 0 amide bonds. The third-order valence-electron chi connectivity index (χ3n) is 3.35. The van der Waals surface area contributed by atoms with E-state index in [4.69, 9.17) is 4.74 Å². The van der Waals surface area contributed by atoms with Crippen molar-refractivity contribution in [2.75, 3.05) is 33.4 Å². The number of nitrogens with zero attached hydrogens (tertiary/aromatic N) is 3. The first-order valence-electron chi connectivity index (χ1n) is 6.71. The average Bonchev–Trinajstić information content (AvgIpc) is 2.81. The molecule has 1 atom stereocenters. The Morgan fingerprint density at radius 1 is 1.56 bits per heavy atom. The number of likely N-dealkylation sites (N-methyl/N-ethyl adjacent to an activating group) is 1. The molecule has 18 heavy (non-hydrogen) atoms. The highest BCUT2D eigenvalue weighted by Crippen LogP contribution is 2.12. The lowest BCUT2D eigenvalue weighted by Crippen LogP contribution is -2.49. The van der Waals surface area contributed by atoms with Crippen LogP contribution in [0.4, 0.5) is 0 Å². The van der Waals surface area contributed by atoms with Gasteiger partial charge in [0.15, 0.2) is 0 Å². The molecule has 1 N–H and O–H groups in total. The maximum absolute atomic E-state index is 5.54. The van der Waals surface area contributed by atoms with Crippen molar-refractivity contribution in [3.05, 3.63) is 18.0 Å². The summed E-state index contributed by atoms with van der Waals surface area (Å²) in [4.78, 5) is 2.45. The maximum atomic E-state index is 5.54. The monoisotopic (exact) mass is 252 g/mol. The van der Waals surface area contributed by atoms with Gasteiger partial charge in [0.1, 0.15) is 0 Å². The average molecular weight is 252 g/mol. The molecule has 1 aliphatic heterocycles. The van der Waals surface area contributed by atoms with E-state index in [1.807, 2.05) is 11.7 Å². The molecular formula is C13H24N4O. The Hall–Kier alpha value is -0.910. The summed E-state index contributed by atoms with van der Waals surface area (Å²) >= 11 is 0. The Morgan fingerprint density at radius 3 is 3.06 bits per heavy atom. The Bertz CT molecular complexity index is 362. The molecule has 2 heterocycles. The van der Waals surface area contributed by atoms with Crippen LogP contribution in [0.3, 0.4) is 0 Å². The molecule has 0 bridgehead atoms. The second kappa shape index (κ2) is 6.31. The fraction of sp³-hybridized carbons (Fsp3) is 0.769. The Balaban J connectivity index is 1.97. The van der Waals surface area contributed by atoms with Crippen LogP contribution in [0.5, 0.6) is 0 Å². The lowest BCUT2D eigenvalue weighted by Gasteiger charge is -2.34. The molecular weight excluding hydrogens is 228 g/mol. The number of nitrogens with one attached hydrogen (secondary N) is 1. The largest absolute Gasteiger partial charge is 0.378 e. The maximum Gasteiger partial charge on any atom is 0.0765 e. The van der Waals surface area contributed by atoms with Gasteiger partial charge >= 0.3 is 0 Å². The van der Waals surface area contributed by atoms with Gasteiger partial charge in [0.05, 0.1) is 18.9 Å². The van der Waals surface area contributed by atoms with E-state index in [1.165, 1.54) is 0 Å². The first-order chi connectivity index (χ1) is 8.70. The van der Waals surface area contributed by atoms with Crippen LogP contribution in [0, 0.1) is 0 Å². The van der Waals surface area contributed by atoms with Crippen molar-refractivity contribution in [3.8, 4) is 0 Å². The van der Waals surface area contributed by atoms with Crippen LogP contribution in [-0.4, -0.2) is 54.1 Å². The zero-order valence-corrected chi connectivity index (χ0v) is 11.6. The van der Waals surface area contributed by atoms with Crippen LogP contribution in [-0.2, 0) is 11.3 Å². The molecule has 0 saturated carbocycles. The van der Waals surface area contributed by atoms with E-state index in [-0.39, 0.29) is 0 Å². The molecule has 0 spiro atoms. The summed E-state index contributed by atoms with van der Waals surface area (Å²) in [7, 11) is 1.99. The molecule has 1 fully saturated rings. The zero-order valence-electron chi connectivity index (χ0n) is 11.6. The quantitative estimate of drug-likeness (QED) is 0.845. The lowest BCUT2D eigenvalue weighted by molar-refractivity contribution is -0.0109. The number of rotatable bonds is 5. The molecule has 102 valence electrons. The number of hydrogen-bond donors (Lipinski definition) is 1. The Morgan fingerprint density at radius 2 is 2.39 bits per heavy atom. The molecule has 0 radical (unpaired) electrons. The number of aromatic nitrogens is 2. The number of ether oxygens (including phenoxy) is 1. The summed E-state index contributed by atoms with van der Waals surface area (Å²) in [5.74, 6) is 0. The second-order valence-electron chi connectivity index (χ2n) is 5.14. The van der Waals surface area contributed by atoms with Gasteiger partial charge in [-0.3, -0.25) is 9.58 Å². The van der Waals surface area contributed by atoms with Gasteiger partial charge in [-0.1, -0.05) is 0 Å². The van der Waals surface area contributed by atoms with E-state index in [9.17, 15) is 0 Å². The molecule has 0 aromatic carbocycles.